The Morgan fingerprint density at radius 1 is 1.23 bits per heavy atom. The number of nitriles is 1. The molecule has 8 nitrogen and oxygen atoms in total. The first-order valence-electron chi connectivity index (χ1n) is 13.5. The first kappa shape index (κ1) is 29.2. The van der Waals surface area contributed by atoms with E-state index in [-0.39, 0.29) is 30.8 Å². The predicted molar refractivity (Wildman–Crippen MR) is 134 cm³/mol. The van der Waals surface area contributed by atoms with Crippen LogP contribution >= 0.6 is 0 Å². The molecule has 0 aromatic heterocycles. The van der Waals surface area contributed by atoms with E-state index < -0.39 is 82.7 Å². The number of halogens is 2. The zero-order valence-corrected chi connectivity index (χ0v) is 23.2. The van der Waals surface area contributed by atoms with Crippen LogP contribution in [0.25, 0.3) is 0 Å². The molecular formula is C29H37F2NO7. The number of rotatable bonds is 5. The molecule has 4 rings (SSSR count). The van der Waals surface area contributed by atoms with Gasteiger partial charge in [-0.1, -0.05) is 33.8 Å². The number of alkyl halides is 2. The second-order valence-corrected chi connectivity index (χ2v) is 12.4. The lowest BCUT2D eigenvalue weighted by atomic mass is 9.44. The van der Waals surface area contributed by atoms with E-state index in [1.54, 1.807) is 26.8 Å². The second kappa shape index (κ2) is 9.69. The fourth-order valence-electron chi connectivity index (χ4n) is 7.87. The van der Waals surface area contributed by atoms with Crippen LogP contribution in [0.2, 0.25) is 0 Å². The molecule has 4 aliphatic carbocycles. The zero-order valence-electron chi connectivity index (χ0n) is 23.2. The first-order valence-corrected chi connectivity index (χ1v) is 13.5. The maximum absolute atomic E-state index is 17.4. The average molecular weight is 550 g/mol. The van der Waals surface area contributed by atoms with E-state index in [2.05, 4.69) is 0 Å². The van der Waals surface area contributed by atoms with Gasteiger partial charge in [0, 0.05) is 22.7 Å². The summed E-state index contributed by atoms with van der Waals surface area (Å²) in [6.45, 7) is 9.52. The van der Waals surface area contributed by atoms with Gasteiger partial charge >= 0.3 is 12.1 Å². The van der Waals surface area contributed by atoms with Crippen LogP contribution in [-0.4, -0.2) is 59.3 Å². The van der Waals surface area contributed by atoms with Crippen molar-refractivity contribution < 1.29 is 42.5 Å². The van der Waals surface area contributed by atoms with Crippen LogP contribution < -0.4 is 0 Å². The molecule has 1 N–H and O–H groups in total. The van der Waals surface area contributed by atoms with Crippen molar-refractivity contribution in [3.05, 3.63) is 23.8 Å². The highest BCUT2D eigenvalue weighted by Gasteiger charge is 2.79. The summed E-state index contributed by atoms with van der Waals surface area (Å²) in [5.41, 5.74) is -7.37. The van der Waals surface area contributed by atoms with Crippen molar-refractivity contribution >= 4 is 17.9 Å². The topological polar surface area (TPSA) is 123 Å². The number of carbonyl (C=O) groups excluding carboxylic acids is 3. The molecule has 4 aliphatic rings. The van der Waals surface area contributed by atoms with E-state index in [0.29, 0.717) is 0 Å². The summed E-state index contributed by atoms with van der Waals surface area (Å²) in [7, 11) is 0. The lowest BCUT2D eigenvalue weighted by Gasteiger charge is -2.62. The molecule has 10 atom stereocenters. The number of aliphatic hydroxyl groups excluding tert-OH is 1. The summed E-state index contributed by atoms with van der Waals surface area (Å²) in [6.07, 6.45) is -1.85. The van der Waals surface area contributed by atoms with E-state index in [0.717, 1.165) is 6.08 Å². The van der Waals surface area contributed by atoms with Gasteiger partial charge < -0.3 is 19.3 Å². The number of esters is 1. The number of hydrogen-bond acceptors (Lipinski definition) is 8. The van der Waals surface area contributed by atoms with Gasteiger partial charge in [-0.25, -0.2) is 18.4 Å². The van der Waals surface area contributed by atoms with Crippen molar-refractivity contribution in [3.8, 4) is 6.07 Å². The number of aliphatic hydroxyl groups is 1. The standard InChI is InChI=1S/C29H37F2NO7/c1-15(2)17(4)38-25(36)39-29(24(35)37-10-9-32)16(3)11-19-20-13-22(30)21-12-18(33)7-8-26(21,5)28(20,31)23(34)14-27(19,29)6/h7-8,12,15-17,19-20,22-23,34H,10-11,13-14H2,1-6H3/t16-,17?,19+,20+,22+,23+,26+,27+,28?,29-/m1/s1. The largest absolute Gasteiger partial charge is 0.509 e. The van der Waals surface area contributed by atoms with Gasteiger partial charge in [-0.05, 0) is 62.7 Å². The van der Waals surface area contributed by atoms with Crippen LogP contribution in [0, 0.1) is 45.8 Å². The number of nitrogens with zero attached hydrogens (tertiary/aromatic N) is 1. The number of ether oxygens (including phenoxy) is 3. The van der Waals surface area contributed by atoms with Gasteiger partial charge in [-0.2, -0.15) is 5.26 Å². The van der Waals surface area contributed by atoms with Crippen molar-refractivity contribution in [3.63, 3.8) is 0 Å². The van der Waals surface area contributed by atoms with Gasteiger partial charge in [0.25, 0.3) is 0 Å². The van der Waals surface area contributed by atoms with E-state index in [9.17, 15) is 19.5 Å². The summed E-state index contributed by atoms with van der Waals surface area (Å²) in [5, 5.41) is 20.6. The van der Waals surface area contributed by atoms with Crippen molar-refractivity contribution in [1.82, 2.24) is 0 Å². The third kappa shape index (κ3) is 3.94. The maximum atomic E-state index is 17.4. The minimum atomic E-state index is -2.36. The minimum Gasteiger partial charge on any atom is -0.447 e. The molecule has 0 spiro atoms. The highest BCUT2D eigenvalue weighted by atomic mass is 19.1. The van der Waals surface area contributed by atoms with Crippen LogP contribution in [-0.2, 0) is 23.8 Å². The molecule has 0 radical (unpaired) electrons. The van der Waals surface area contributed by atoms with Gasteiger partial charge in [0.2, 0.25) is 5.60 Å². The van der Waals surface area contributed by atoms with Gasteiger partial charge in [-0.3, -0.25) is 4.79 Å². The summed E-state index contributed by atoms with van der Waals surface area (Å²) in [4.78, 5) is 38.8. The Morgan fingerprint density at radius 3 is 2.51 bits per heavy atom. The predicted octanol–water partition coefficient (Wildman–Crippen LogP) is 4.55. The normalized spacial score (nSPS) is 43.4. The van der Waals surface area contributed by atoms with Crippen LogP contribution in [0.15, 0.2) is 23.8 Å². The van der Waals surface area contributed by atoms with E-state index in [1.807, 2.05) is 13.8 Å². The minimum absolute atomic E-state index is 0.00959. The van der Waals surface area contributed by atoms with Crippen LogP contribution in [0.4, 0.5) is 13.6 Å². The van der Waals surface area contributed by atoms with E-state index >= 15 is 8.78 Å². The highest BCUT2D eigenvalue weighted by molar-refractivity contribution is 6.01. The van der Waals surface area contributed by atoms with Gasteiger partial charge in [-0.15, -0.1) is 0 Å². The molecule has 0 saturated heterocycles. The van der Waals surface area contributed by atoms with E-state index in [4.69, 9.17) is 19.5 Å². The van der Waals surface area contributed by atoms with Crippen molar-refractivity contribution in [2.24, 2.45) is 34.5 Å². The smallest absolute Gasteiger partial charge is 0.447 e. The van der Waals surface area contributed by atoms with Crippen molar-refractivity contribution in [2.75, 3.05) is 6.61 Å². The Kier molecular flexibility index (Phi) is 7.25. The number of allylic oxidation sites excluding steroid dienone is 4. The molecule has 10 heteroatoms. The summed E-state index contributed by atoms with van der Waals surface area (Å²) in [5.74, 6) is -4.01. The lowest BCUT2D eigenvalue weighted by molar-refractivity contribution is -0.234. The lowest BCUT2D eigenvalue weighted by Crippen LogP contribution is -2.71. The quantitative estimate of drug-likeness (QED) is 0.496. The Balaban J connectivity index is 1.82. The number of hydrogen-bond donors (Lipinski definition) is 1. The van der Waals surface area contributed by atoms with Crippen LogP contribution in [0.5, 0.6) is 0 Å². The molecule has 3 fully saturated rings. The second-order valence-electron chi connectivity index (χ2n) is 12.4. The number of fused-ring (bicyclic) bond motifs is 5. The highest BCUT2D eigenvalue weighted by Crippen LogP contribution is 2.71. The molecule has 3 saturated carbocycles. The monoisotopic (exact) mass is 549 g/mol. The SMILES string of the molecule is CC(C)C(C)OC(=O)O[C@@]1(C(=O)OCC#N)[C@H](C)C[C@H]2[C@@H]3C[C@H](F)C4=CC(=O)C=C[C@]4(C)C3(F)[C@@H](O)C[C@@]21C. The molecule has 0 heterocycles. The summed E-state index contributed by atoms with van der Waals surface area (Å²) >= 11 is 0. The molecular weight excluding hydrogens is 512 g/mol. The molecule has 0 aromatic carbocycles. The van der Waals surface area contributed by atoms with Crippen molar-refractivity contribution in [1.29, 1.82) is 5.26 Å². The van der Waals surface area contributed by atoms with E-state index in [1.165, 1.54) is 19.1 Å². The van der Waals surface area contributed by atoms with Crippen molar-refractivity contribution in [2.45, 2.75) is 90.5 Å². The third-order valence-electron chi connectivity index (χ3n) is 10.2. The molecule has 214 valence electrons. The third-order valence-corrected chi connectivity index (χ3v) is 10.2. The Hall–Kier alpha value is -2.80. The number of ketones is 1. The fourth-order valence-corrected chi connectivity index (χ4v) is 7.87. The summed E-state index contributed by atoms with van der Waals surface area (Å²) < 4.78 is 49.6. The van der Waals surface area contributed by atoms with Crippen LogP contribution in [0.1, 0.15) is 60.8 Å². The average Bonchev–Trinajstić information content (AvgIpc) is 3.07. The Morgan fingerprint density at radius 2 is 1.90 bits per heavy atom. The summed E-state index contributed by atoms with van der Waals surface area (Å²) in [6, 6.07) is 1.73. The Labute approximate surface area is 227 Å². The molecule has 0 aromatic rings. The first-order chi connectivity index (χ1) is 18.1. The molecule has 39 heavy (non-hydrogen) atoms. The maximum Gasteiger partial charge on any atom is 0.509 e. The van der Waals surface area contributed by atoms with Gasteiger partial charge in [0.1, 0.15) is 18.3 Å². The van der Waals surface area contributed by atoms with Gasteiger partial charge in [0.05, 0.1) is 6.10 Å². The molecule has 0 amide bonds. The molecule has 0 bridgehead atoms. The van der Waals surface area contributed by atoms with Gasteiger partial charge in [0.15, 0.2) is 18.1 Å². The fraction of sp³-hybridized carbons (Fsp3) is 0.724. The molecule has 2 unspecified atom stereocenters. The Bertz CT molecular complexity index is 1160. The zero-order chi connectivity index (χ0) is 29.1. The number of carbonyl (C=O) groups is 3. The van der Waals surface area contributed by atoms with Crippen LogP contribution in [0.3, 0.4) is 0 Å². The molecule has 0 aliphatic heterocycles.